The lowest BCUT2D eigenvalue weighted by Crippen LogP contribution is -2.04. The molecule has 0 spiro atoms. The van der Waals surface area contributed by atoms with E-state index in [1.165, 1.54) is 12.6 Å². The predicted molar refractivity (Wildman–Crippen MR) is 39.4 cm³/mol. The maximum Gasteiger partial charge on any atom is 0.294 e. The summed E-state index contributed by atoms with van der Waals surface area (Å²) < 4.78 is 4.97. The van der Waals surface area contributed by atoms with Gasteiger partial charge in [0.15, 0.2) is 0 Å². The van der Waals surface area contributed by atoms with E-state index in [4.69, 9.17) is 4.42 Å². The van der Waals surface area contributed by atoms with E-state index in [0.717, 1.165) is 5.56 Å². The van der Waals surface area contributed by atoms with Crippen LogP contribution in [0.15, 0.2) is 21.8 Å². The van der Waals surface area contributed by atoms with Crippen molar-refractivity contribution in [1.82, 2.24) is 9.97 Å². The Hall–Kier alpha value is -1.58. The van der Waals surface area contributed by atoms with Crippen molar-refractivity contribution in [1.29, 1.82) is 0 Å². The number of hydrogen-bond acceptors (Lipinski definition) is 3. The summed E-state index contributed by atoms with van der Waals surface area (Å²) >= 11 is 0. The molecule has 56 valence electrons. The molecule has 0 aliphatic rings. The van der Waals surface area contributed by atoms with E-state index in [0.29, 0.717) is 11.1 Å². The van der Waals surface area contributed by atoms with Gasteiger partial charge in [-0.25, -0.2) is 4.98 Å². The number of fused-ring (bicyclic) bond motifs is 1. The first kappa shape index (κ1) is 6.15. The molecule has 0 saturated heterocycles. The predicted octanol–water partition coefficient (Wildman–Crippen LogP) is 0.825. The van der Waals surface area contributed by atoms with Crippen molar-refractivity contribution in [2.24, 2.45) is 0 Å². The monoisotopic (exact) mass is 150 g/mol. The minimum Gasteiger partial charge on any atom is -0.457 e. The number of nitrogens with one attached hydrogen (secondary N) is 1. The van der Waals surface area contributed by atoms with Crippen molar-refractivity contribution in [2.75, 3.05) is 0 Å². The van der Waals surface area contributed by atoms with Gasteiger partial charge in [-0.2, -0.15) is 0 Å². The van der Waals surface area contributed by atoms with Crippen molar-refractivity contribution in [3.63, 3.8) is 0 Å². The van der Waals surface area contributed by atoms with E-state index >= 15 is 0 Å². The normalized spacial score (nSPS) is 10.6. The van der Waals surface area contributed by atoms with Crippen LogP contribution >= 0.6 is 0 Å². The fourth-order valence-electron chi connectivity index (χ4n) is 0.981. The second-order valence-corrected chi connectivity index (χ2v) is 2.33. The molecule has 2 rings (SSSR count). The summed E-state index contributed by atoms with van der Waals surface area (Å²) in [6.45, 7) is 1.85. The van der Waals surface area contributed by atoms with Crippen LogP contribution in [0, 0.1) is 6.92 Å². The van der Waals surface area contributed by atoms with Gasteiger partial charge in [0, 0.05) is 5.56 Å². The minimum atomic E-state index is -0.233. The Morgan fingerprint density at radius 1 is 1.64 bits per heavy atom. The van der Waals surface area contributed by atoms with Crippen LogP contribution in [0.2, 0.25) is 0 Å². The average Bonchev–Trinajstić information content (AvgIpc) is 2.35. The quantitative estimate of drug-likeness (QED) is 0.604. The molecule has 0 fully saturated rings. The summed E-state index contributed by atoms with van der Waals surface area (Å²) in [5.41, 5.74) is 1.58. The van der Waals surface area contributed by atoms with Gasteiger partial charge in [-0.15, -0.1) is 0 Å². The molecular formula is C7H6N2O2. The van der Waals surface area contributed by atoms with Crippen LogP contribution in [0.25, 0.3) is 11.1 Å². The van der Waals surface area contributed by atoms with E-state index < -0.39 is 0 Å². The molecule has 2 heterocycles. The Balaban J connectivity index is 3.06. The lowest BCUT2D eigenvalue weighted by atomic mass is 10.3. The van der Waals surface area contributed by atoms with Gasteiger partial charge < -0.3 is 9.40 Å². The molecular weight excluding hydrogens is 144 g/mol. The number of rotatable bonds is 0. The van der Waals surface area contributed by atoms with E-state index in [1.807, 2.05) is 6.92 Å². The minimum absolute atomic E-state index is 0.233. The van der Waals surface area contributed by atoms with Crippen molar-refractivity contribution in [3.05, 3.63) is 28.5 Å². The van der Waals surface area contributed by atoms with E-state index in [2.05, 4.69) is 9.97 Å². The number of furan rings is 1. The number of aromatic amines is 1. The van der Waals surface area contributed by atoms with Gasteiger partial charge in [0.25, 0.3) is 5.56 Å². The third-order valence-electron chi connectivity index (χ3n) is 1.54. The van der Waals surface area contributed by atoms with Crippen LogP contribution in [0.5, 0.6) is 0 Å². The van der Waals surface area contributed by atoms with Crippen LogP contribution in [-0.4, -0.2) is 9.97 Å². The zero-order valence-corrected chi connectivity index (χ0v) is 5.92. The Bertz CT molecular complexity index is 441. The second kappa shape index (κ2) is 1.95. The number of H-pyrrole nitrogens is 1. The van der Waals surface area contributed by atoms with Gasteiger partial charge in [-0.05, 0) is 6.92 Å². The van der Waals surface area contributed by atoms with Gasteiger partial charge in [-0.1, -0.05) is 0 Å². The lowest BCUT2D eigenvalue weighted by molar-refractivity contribution is 0.607. The van der Waals surface area contributed by atoms with Gasteiger partial charge >= 0.3 is 0 Å². The lowest BCUT2D eigenvalue weighted by Gasteiger charge is -1.84. The van der Waals surface area contributed by atoms with Crippen LogP contribution in [-0.2, 0) is 0 Å². The van der Waals surface area contributed by atoms with E-state index in [-0.39, 0.29) is 5.56 Å². The van der Waals surface area contributed by atoms with Gasteiger partial charge in [0.2, 0.25) is 5.58 Å². The molecule has 2 aromatic heterocycles. The topological polar surface area (TPSA) is 58.9 Å². The molecule has 0 aromatic carbocycles. The molecule has 0 saturated carbocycles. The Kier molecular flexibility index (Phi) is 1.09. The number of hydrogen-bond donors (Lipinski definition) is 1. The molecule has 0 bridgehead atoms. The standard InChI is InChI=1S/C7H6N2O2/c1-4-2-11-6-5(4)8-3-9-7(6)10/h2-3H,1H3,(H,8,9,10). The summed E-state index contributed by atoms with van der Waals surface area (Å²) in [5.74, 6) is 0. The maximum atomic E-state index is 11.0. The maximum absolute atomic E-state index is 11.0. The van der Waals surface area contributed by atoms with Crippen LogP contribution in [0.4, 0.5) is 0 Å². The summed E-state index contributed by atoms with van der Waals surface area (Å²) in [4.78, 5) is 17.4. The zero-order chi connectivity index (χ0) is 7.84. The van der Waals surface area contributed by atoms with Crippen molar-refractivity contribution < 1.29 is 4.42 Å². The van der Waals surface area contributed by atoms with Gasteiger partial charge in [0.1, 0.15) is 5.52 Å². The molecule has 0 aliphatic heterocycles. The molecule has 1 N–H and O–H groups in total. The molecule has 0 aliphatic carbocycles. The van der Waals surface area contributed by atoms with Crippen molar-refractivity contribution in [2.45, 2.75) is 6.92 Å². The third kappa shape index (κ3) is 0.756. The van der Waals surface area contributed by atoms with Crippen LogP contribution in [0.1, 0.15) is 5.56 Å². The molecule has 4 nitrogen and oxygen atoms in total. The number of aromatic nitrogens is 2. The van der Waals surface area contributed by atoms with Crippen LogP contribution < -0.4 is 5.56 Å². The number of aryl methyl sites for hydroxylation is 1. The first-order chi connectivity index (χ1) is 5.29. The molecule has 4 heteroatoms. The summed E-state index contributed by atoms with van der Waals surface area (Å²) in [7, 11) is 0. The summed E-state index contributed by atoms with van der Waals surface area (Å²) in [6, 6.07) is 0. The highest BCUT2D eigenvalue weighted by atomic mass is 16.3. The fourth-order valence-corrected chi connectivity index (χ4v) is 0.981. The first-order valence-corrected chi connectivity index (χ1v) is 3.20. The Morgan fingerprint density at radius 3 is 3.18 bits per heavy atom. The molecule has 11 heavy (non-hydrogen) atoms. The van der Waals surface area contributed by atoms with Crippen molar-refractivity contribution >= 4 is 11.1 Å². The molecule has 0 radical (unpaired) electrons. The largest absolute Gasteiger partial charge is 0.457 e. The van der Waals surface area contributed by atoms with E-state index in [9.17, 15) is 4.79 Å². The highest BCUT2D eigenvalue weighted by Gasteiger charge is 2.04. The molecule has 2 aromatic rings. The highest BCUT2D eigenvalue weighted by molar-refractivity contribution is 5.74. The summed E-state index contributed by atoms with van der Waals surface area (Å²) in [5, 5.41) is 0. The zero-order valence-electron chi connectivity index (χ0n) is 5.92. The Morgan fingerprint density at radius 2 is 2.45 bits per heavy atom. The molecule has 0 atom stereocenters. The highest BCUT2D eigenvalue weighted by Crippen LogP contribution is 2.11. The molecule has 0 unspecified atom stereocenters. The van der Waals surface area contributed by atoms with Gasteiger partial charge in [-0.3, -0.25) is 4.79 Å². The first-order valence-electron chi connectivity index (χ1n) is 3.20. The Labute approximate surface area is 61.9 Å². The summed E-state index contributed by atoms with van der Waals surface area (Å²) in [6.07, 6.45) is 2.89. The second-order valence-electron chi connectivity index (χ2n) is 2.33. The van der Waals surface area contributed by atoms with Crippen LogP contribution in [0.3, 0.4) is 0 Å². The van der Waals surface area contributed by atoms with Gasteiger partial charge in [0.05, 0.1) is 12.6 Å². The smallest absolute Gasteiger partial charge is 0.294 e. The van der Waals surface area contributed by atoms with Crippen molar-refractivity contribution in [3.8, 4) is 0 Å². The third-order valence-corrected chi connectivity index (χ3v) is 1.54. The van der Waals surface area contributed by atoms with E-state index in [1.54, 1.807) is 0 Å². The fraction of sp³-hybridized carbons (Fsp3) is 0.143. The SMILES string of the molecule is Cc1coc2c(=O)[nH]cnc12. The molecule has 0 amide bonds. The number of nitrogens with zero attached hydrogens (tertiary/aromatic N) is 1. The average molecular weight is 150 g/mol.